The fraction of sp³-hybridized carbons (Fsp3) is 0.542. The van der Waals surface area contributed by atoms with Crippen LogP contribution < -0.4 is 0 Å². The number of nitrogens with zero attached hydrogens (tertiary/aromatic N) is 3. The number of ether oxygens (including phenoxy) is 1. The van der Waals surface area contributed by atoms with Crippen LogP contribution in [0.1, 0.15) is 56.7 Å². The number of carbonyl (C=O) groups excluding carboxylic acids is 1. The van der Waals surface area contributed by atoms with E-state index in [2.05, 4.69) is 24.0 Å². The first-order valence-corrected chi connectivity index (χ1v) is 11.0. The smallest absolute Gasteiger partial charge is 0.409 e. The number of benzene rings is 1. The molecule has 0 N–H and O–H groups in total. The summed E-state index contributed by atoms with van der Waals surface area (Å²) in [5, 5.41) is 8.92. The van der Waals surface area contributed by atoms with Gasteiger partial charge in [-0.05, 0) is 66.7 Å². The number of aromatic nitrogens is 2. The van der Waals surface area contributed by atoms with Gasteiger partial charge in [0, 0.05) is 18.5 Å². The number of rotatable bonds is 2. The van der Waals surface area contributed by atoms with Gasteiger partial charge in [-0.15, -0.1) is 0 Å². The standard InChI is InChI=1S/C24H27F2N3O2/c1-23(2)16-9-10-24(23,14-6-5-11-29(13-14)22(30)31-3)21-15(16)12-19(27-28-21)20-17(25)7-4-8-18(20)26/h4,7-8,12,14,16H,5-6,9-11,13H2,1-3H3/t14?,16-,24-/m0/s1. The van der Waals surface area contributed by atoms with E-state index in [1.165, 1.54) is 25.3 Å². The lowest BCUT2D eigenvalue weighted by molar-refractivity contribution is 0.0490. The second-order valence-electron chi connectivity index (χ2n) is 9.67. The van der Waals surface area contributed by atoms with Gasteiger partial charge < -0.3 is 9.64 Å². The van der Waals surface area contributed by atoms with E-state index in [0.717, 1.165) is 36.9 Å². The zero-order valence-corrected chi connectivity index (χ0v) is 18.1. The predicted octanol–water partition coefficient (Wildman–Crippen LogP) is 5.06. The summed E-state index contributed by atoms with van der Waals surface area (Å²) >= 11 is 0. The highest BCUT2D eigenvalue weighted by Gasteiger charge is 2.66. The average Bonchev–Trinajstić information content (AvgIpc) is 3.14. The third kappa shape index (κ3) is 2.68. The largest absolute Gasteiger partial charge is 0.453 e. The van der Waals surface area contributed by atoms with E-state index in [1.54, 1.807) is 4.90 Å². The van der Waals surface area contributed by atoms with Crippen molar-refractivity contribution in [3.8, 4) is 11.3 Å². The fourth-order valence-electron chi connectivity index (χ4n) is 6.81. The highest BCUT2D eigenvalue weighted by Crippen LogP contribution is 2.70. The van der Waals surface area contributed by atoms with Gasteiger partial charge in [0.2, 0.25) is 0 Å². The van der Waals surface area contributed by atoms with E-state index in [4.69, 9.17) is 4.74 Å². The number of methoxy groups -OCH3 is 1. The van der Waals surface area contributed by atoms with Crippen molar-refractivity contribution in [2.45, 2.75) is 50.9 Å². The minimum Gasteiger partial charge on any atom is -0.453 e. The topological polar surface area (TPSA) is 55.3 Å². The van der Waals surface area contributed by atoms with Crippen LogP contribution in [0.25, 0.3) is 11.3 Å². The number of fused-ring (bicyclic) bond motifs is 5. The molecule has 1 amide bonds. The van der Waals surface area contributed by atoms with Crippen molar-refractivity contribution in [2.75, 3.05) is 20.2 Å². The van der Waals surface area contributed by atoms with Gasteiger partial charge in [-0.25, -0.2) is 13.6 Å². The molecule has 2 fully saturated rings. The number of amides is 1. The Balaban J connectivity index is 1.60. The highest BCUT2D eigenvalue weighted by molar-refractivity contribution is 5.67. The van der Waals surface area contributed by atoms with E-state index in [9.17, 15) is 13.6 Å². The molecule has 31 heavy (non-hydrogen) atoms. The molecule has 1 unspecified atom stereocenters. The molecule has 0 spiro atoms. The normalized spacial score (nSPS) is 28.5. The predicted molar refractivity (Wildman–Crippen MR) is 112 cm³/mol. The summed E-state index contributed by atoms with van der Waals surface area (Å²) < 4.78 is 33.8. The van der Waals surface area contributed by atoms with Crippen LogP contribution in [-0.2, 0) is 10.2 Å². The Morgan fingerprint density at radius 2 is 1.94 bits per heavy atom. The van der Waals surface area contributed by atoms with Gasteiger partial charge in [-0.3, -0.25) is 0 Å². The molecule has 1 aromatic heterocycles. The third-order valence-corrected chi connectivity index (χ3v) is 8.24. The van der Waals surface area contributed by atoms with Crippen LogP contribution in [0.5, 0.6) is 0 Å². The van der Waals surface area contributed by atoms with E-state index < -0.39 is 11.6 Å². The SMILES string of the molecule is COC(=O)N1CCCC([C@@]23CC[C@@H](c4cc(-c5c(F)cccc5F)nnc42)C3(C)C)C1. The molecule has 1 aliphatic heterocycles. The van der Waals surface area contributed by atoms with E-state index in [0.29, 0.717) is 13.1 Å². The van der Waals surface area contributed by atoms with Crippen molar-refractivity contribution in [1.29, 1.82) is 0 Å². The molecule has 1 saturated carbocycles. The molecular weight excluding hydrogens is 400 g/mol. The zero-order valence-electron chi connectivity index (χ0n) is 18.1. The Morgan fingerprint density at radius 1 is 1.19 bits per heavy atom. The van der Waals surface area contributed by atoms with Crippen LogP contribution in [-0.4, -0.2) is 41.4 Å². The second kappa shape index (κ2) is 6.97. The number of halogens is 2. The number of hydrogen-bond donors (Lipinski definition) is 0. The Bertz CT molecular complexity index is 1040. The molecule has 0 radical (unpaired) electrons. The number of hydrogen-bond acceptors (Lipinski definition) is 4. The van der Waals surface area contributed by atoms with Crippen LogP contribution in [0.2, 0.25) is 0 Å². The molecule has 3 aliphatic rings. The molecule has 3 atom stereocenters. The fourth-order valence-corrected chi connectivity index (χ4v) is 6.81. The monoisotopic (exact) mass is 427 g/mol. The second-order valence-corrected chi connectivity index (χ2v) is 9.67. The summed E-state index contributed by atoms with van der Waals surface area (Å²) in [6.45, 7) is 5.88. The Morgan fingerprint density at radius 3 is 2.65 bits per heavy atom. The van der Waals surface area contributed by atoms with Crippen molar-refractivity contribution in [3.05, 3.63) is 47.2 Å². The van der Waals surface area contributed by atoms with Crippen molar-refractivity contribution in [1.82, 2.24) is 15.1 Å². The maximum absolute atomic E-state index is 14.4. The van der Waals surface area contributed by atoms with Gasteiger partial charge in [-0.1, -0.05) is 19.9 Å². The van der Waals surface area contributed by atoms with Crippen LogP contribution in [0, 0.1) is 23.0 Å². The van der Waals surface area contributed by atoms with E-state index in [1.807, 2.05) is 6.07 Å². The lowest BCUT2D eigenvalue weighted by Gasteiger charge is -2.47. The molecule has 2 aliphatic carbocycles. The first-order chi connectivity index (χ1) is 14.8. The minimum absolute atomic E-state index is 0.0831. The molecule has 5 rings (SSSR count). The molecular formula is C24H27F2N3O2. The maximum atomic E-state index is 14.4. The van der Waals surface area contributed by atoms with Crippen LogP contribution in [0.15, 0.2) is 24.3 Å². The van der Waals surface area contributed by atoms with E-state index >= 15 is 0 Å². The summed E-state index contributed by atoms with van der Waals surface area (Å²) in [7, 11) is 1.42. The van der Waals surface area contributed by atoms with Crippen LogP contribution in [0.4, 0.5) is 13.6 Å². The first-order valence-electron chi connectivity index (χ1n) is 11.0. The van der Waals surface area contributed by atoms with Crippen molar-refractivity contribution < 1.29 is 18.3 Å². The summed E-state index contributed by atoms with van der Waals surface area (Å²) in [4.78, 5) is 14.0. The summed E-state index contributed by atoms with van der Waals surface area (Å²) in [6.07, 6.45) is 3.62. The van der Waals surface area contributed by atoms with Crippen LogP contribution in [0.3, 0.4) is 0 Å². The van der Waals surface area contributed by atoms with Gasteiger partial charge in [-0.2, -0.15) is 10.2 Å². The van der Waals surface area contributed by atoms with E-state index in [-0.39, 0.29) is 40.0 Å². The molecule has 1 saturated heterocycles. The van der Waals surface area contributed by atoms with Gasteiger partial charge in [0.15, 0.2) is 0 Å². The maximum Gasteiger partial charge on any atom is 0.409 e. The molecule has 2 heterocycles. The molecule has 1 aromatic carbocycles. The summed E-state index contributed by atoms with van der Waals surface area (Å²) in [5.74, 6) is -0.771. The number of carbonyl (C=O) groups is 1. The average molecular weight is 427 g/mol. The van der Waals surface area contributed by atoms with Crippen molar-refractivity contribution in [2.24, 2.45) is 11.3 Å². The minimum atomic E-state index is -0.632. The number of piperidine rings is 1. The Kier molecular flexibility index (Phi) is 4.57. The molecule has 164 valence electrons. The van der Waals surface area contributed by atoms with Crippen molar-refractivity contribution >= 4 is 6.09 Å². The van der Waals surface area contributed by atoms with Gasteiger partial charge in [0.25, 0.3) is 0 Å². The van der Waals surface area contributed by atoms with Gasteiger partial charge >= 0.3 is 6.09 Å². The third-order valence-electron chi connectivity index (χ3n) is 8.24. The summed E-state index contributed by atoms with van der Waals surface area (Å²) in [5.41, 5.74) is 1.83. The molecule has 7 heteroatoms. The molecule has 2 bridgehead atoms. The lowest BCUT2D eigenvalue weighted by Crippen LogP contribution is -2.51. The molecule has 2 aromatic rings. The Labute approximate surface area is 180 Å². The quantitative estimate of drug-likeness (QED) is 0.673. The Hall–Kier alpha value is -2.57. The van der Waals surface area contributed by atoms with Crippen molar-refractivity contribution in [3.63, 3.8) is 0 Å². The number of likely N-dealkylation sites (tertiary alicyclic amines) is 1. The molecule has 5 nitrogen and oxygen atoms in total. The highest BCUT2D eigenvalue weighted by atomic mass is 19.1. The lowest BCUT2D eigenvalue weighted by atomic mass is 9.59. The summed E-state index contributed by atoms with van der Waals surface area (Å²) in [6, 6.07) is 5.69. The first kappa shape index (κ1) is 20.3. The van der Waals surface area contributed by atoms with Crippen LogP contribution >= 0.6 is 0 Å². The van der Waals surface area contributed by atoms with Gasteiger partial charge in [0.1, 0.15) is 11.6 Å². The van der Waals surface area contributed by atoms with Gasteiger partial charge in [0.05, 0.1) is 24.1 Å². The zero-order chi connectivity index (χ0) is 22.0.